The van der Waals surface area contributed by atoms with Crippen LogP contribution >= 0.6 is 7.82 Å². The van der Waals surface area contributed by atoms with Gasteiger partial charge in [0.15, 0.2) is 6.10 Å². The molecule has 1 atom stereocenters. The van der Waals surface area contributed by atoms with Crippen LogP contribution in [-0.2, 0) is 28.2 Å². The molecule has 3 N–H and O–H groups in total. The van der Waals surface area contributed by atoms with Crippen molar-refractivity contribution in [1.29, 1.82) is 0 Å². The van der Waals surface area contributed by atoms with Gasteiger partial charge >= 0.3 is 71.1 Å². The van der Waals surface area contributed by atoms with E-state index in [0.29, 0.717) is 6.42 Å². The van der Waals surface area contributed by atoms with Crippen LogP contribution in [0.25, 0.3) is 0 Å². The first-order chi connectivity index (χ1) is 17.3. The fourth-order valence-electron chi connectivity index (χ4n) is 2.65. The molecule has 0 aromatic heterocycles. The zero-order valence-corrected chi connectivity index (χ0v) is 28.4. The normalized spacial score (nSPS) is 9.44. The first-order valence-corrected chi connectivity index (χ1v) is 13.2. The largest absolute Gasteiger partial charge is 1.00 e. The molecule has 0 aliphatic rings. The summed E-state index contributed by atoms with van der Waals surface area (Å²) in [6, 6.07) is 0. The quantitative estimate of drug-likeness (QED) is 0.0567. The summed E-state index contributed by atoms with van der Waals surface area (Å²) in [5, 5.41) is 0. The van der Waals surface area contributed by atoms with Gasteiger partial charge in [0.2, 0.25) is 0 Å². The Morgan fingerprint density at radius 1 is 0.795 bits per heavy atom. The van der Waals surface area contributed by atoms with E-state index in [1.54, 1.807) is 6.92 Å². The molecule has 0 fully saturated rings. The van der Waals surface area contributed by atoms with Gasteiger partial charge < -0.3 is 34.5 Å². The summed E-state index contributed by atoms with van der Waals surface area (Å²) < 4.78 is 24.9. The zero-order valence-electron chi connectivity index (χ0n) is 23.5. The molecule has 39 heavy (non-hydrogen) atoms. The van der Waals surface area contributed by atoms with E-state index in [0.717, 1.165) is 19.3 Å². The third-order valence-corrected chi connectivity index (χ3v) is 4.79. The van der Waals surface area contributed by atoms with Crippen LogP contribution in [0.15, 0.2) is 0 Å². The fraction of sp³-hybridized carbons (Fsp3) is 0.556. The first kappa shape index (κ1) is 44.8. The number of ether oxygens (including phenoxy) is 2. The van der Waals surface area contributed by atoms with Gasteiger partial charge in [-0.1, -0.05) is 64.2 Å². The van der Waals surface area contributed by atoms with E-state index >= 15 is 0 Å². The number of carbonyl (C=O) groups excluding carboxylic acids is 2. The summed E-state index contributed by atoms with van der Waals surface area (Å²) >= 11 is 0. The topological polar surface area (TPSA) is 160 Å². The standard InChI is InChI=1S/C27H33O8P.H3N.2Na.9H2/c1-3-5-7-9-11-13-15-17-19-21-26(28)33-23-25(24-34-36(30,31)32)35-27(29)22-20-18-16-14-12-10-8-6-4-2;;;;;;;;;;;;/h25H,4,6,8,10,12,14,16,18,20,22-24H2,1-2H3,(H2,30,31,32);1H3;;;9*1H/q;;2*+1;;;;;;;;;/p-2/t25-;;;;;;;;;;;;/m1............/s1. The minimum Gasteiger partial charge on any atom is -0.790 e. The van der Waals surface area contributed by atoms with Crippen LogP contribution in [0, 0.1) is 59.2 Å². The smallest absolute Gasteiger partial charge is 0.790 e. The maximum absolute atomic E-state index is 12.1. The first-order valence-electron chi connectivity index (χ1n) is 11.7. The molecule has 0 unspecified atom stereocenters. The molecule has 0 aliphatic carbocycles. The van der Waals surface area contributed by atoms with Crippen molar-refractivity contribution in [3.05, 3.63) is 0 Å². The molecule has 0 aromatic rings. The molecule has 0 rings (SSSR count). The molecule has 0 saturated heterocycles. The Balaban J connectivity index is -0.0000000928. The van der Waals surface area contributed by atoms with Crippen molar-refractivity contribution in [3.8, 4) is 59.2 Å². The predicted octanol–water partition coefficient (Wildman–Crippen LogP) is -1.37. The predicted molar refractivity (Wildman–Crippen MR) is 155 cm³/mol. The fourth-order valence-corrected chi connectivity index (χ4v) is 3.00. The molecule has 0 bridgehead atoms. The van der Waals surface area contributed by atoms with Gasteiger partial charge in [-0.2, -0.15) is 0 Å². The Hall–Kier alpha value is -1.19. The molecule has 0 aromatic carbocycles. The average Bonchev–Trinajstić information content (AvgIpc) is 2.83. The van der Waals surface area contributed by atoms with Crippen LogP contribution in [0.3, 0.4) is 0 Å². The van der Waals surface area contributed by atoms with Crippen LogP contribution in [0.1, 0.15) is 90.9 Å². The van der Waals surface area contributed by atoms with E-state index in [2.05, 4.69) is 70.7 Å². The number of phosphoric ester groups is 1. The summed E-state index contributed by atoms with van der Waals surface area (Å²) in [6.07, 6.45) is 8.50. The van der Waals surface area contributed by atoms with Crippen LogP contribution in [0.2, 0.25) is 0 Å². The van der Waals surface area contributed by atoms with Gasteiger partial charge in [-0.3, -0.25) is 4.79 Å². The number of unbranched alkanes of at least 4 members (excludes halogenated alkanes) is 8. The molecule has 0 amide bonds. The van der Waals surface area contributed by atoms with E-state index < -0.39 is 39.1 Å². The van der Waals surface area contributed by atoms with Crippen LogP contribution in [0.4, 0.5) is 0 Å². The Morgan fingerprint density at radius 2 is 1.28 bits per heavy atom. The van der Waals surface area contributed by atoms with Crippen molar-refractivity contribution in [1.82, 2.24) is 6.15 Å². The van der Waals surface area contributed by atoms with Gasteiger partial charge in [0.25, 0.3) is 0 Å². The minimum atomic E-state index is -5.30. The van der Waals surface area contributed by atoms with Crippen molar-refractivity contribution in [2.24, 2.45) is 0 Å². The minimum absolute atomic E-state index is 0. The summed E-state index contributed by atoms with van der Waals surface area (Å²) in [4.78, 5) is 45.3. The molecular formula is C27H52NNa2O8P. The number of phosphoric acid groups is 1. The molecule has 0 aliphatic heterocycles. The second-order valence-corrected chi connectivity index (χ2v) is 8.56. The number of hydrogen-bond donors (Lipinski definition) is 1. The molecule has 0 radical (unpaired) electrons. The van der Waals surface area contributed by atoms with E-state index in [1.807, 2.05) is 0 Å². The van der Waals surface area contributed by atoms with E-state index in [4.69, 9.17) is 9.47 Å². The maximum atomic E-state index is 12.1. The Bertz CT molecular complexity index is 1080. The van der Waals surface area contributed by atoms with Crippen LogP contribution in [-0.4, -0.2) is 31.3 Å². The van der Waals surface area contributed by atoms with Crippen molar-refractivity contribution in [2.45, 2.75) is 84.2 Å². The van der Waals surface area contributed by atoms with Crippen molar-refractivity contribution in [3.63, 3.8) is 0 Å². The van der Waals surface area contributed by atoms with Crippen molar-refractivity contribution in [2.75, 3.05) is 13.2 Å². The Morgan fingerprint density at radius 3 is 1.79 bits per heavy atom. The Labute approximate surface area is 290 Å². The number of esters is 2. The summed E-state index contributed by atoms with van der Waals surface area (Å²) in [5.74, 6) is 22.1. The Kier molecular flexibility index (Phi) is 36.0. The van der Waals surface area contributed by atoms with Crippen molar-refractivity contribution < 1.29 is 110 Å². The number of rotatable bonds is 16. The van der Waals surface area contributed by atoms with Gasteiger partial charge in [0.05, 0.1) is 14.4 Å². The summed E-state index contributed by atoms with van der Waals surface area (Å²) in [6.45, 7) is 2.50. The van der Waals surface area contributed by atoms with Gasteiger partial charge in [0.1, 0.15) is 6.61 Å². The number of carbonyl (C=O) groups is 2. The zero-order chi connectivity index (χ0) is 26.9. The van der Waals surface area contributed by atoms with Gasteiger partial charge in [-0.25, -0.2) is 4.79 Å². The van der Waals surface area contributed by atoms with Gasteiger partial charge in [-0.05, 0) is 60.7 Å². The molecule has 12 heteroatoms. The average molecular weight is 596 g/mol. The van der Waals surface area contributed by atoms with Crippen molar-refractivity contribution >= 4 is 19.8 Å². The van der Waals surface area contributed by atoms with Crippen LogP contribution in [0.5, 0.6) is 0 Å². The molecule has 0 spiro atoms. The second-order valence-electron chi connectivity index (χ2n) is 7.41. The van der Waals surface area contributed by atoms with E-state index in [9.17, 15) is 23.9 Å². The third kappa shape index (κ3) is 34.8. The van der Waals surface area contributed by atoms with E-state index in [1.165, 1.54) is 32.1 Å². The third-order valence-electron chi connectivity index (χ3n) is 4.33. The molecule has 220 valence electrons. The molecule has 0 saturated carbocycles. The summed E-state index contributed by atoms with van der Waals surface area (Å²) in [5.41, 5.74) is 0. The second kappa shape index (κ2) is 31.3. The SMILES string of the molecule is CC#CC#CC#CC#CC#CC(=O)OC[C@H](COP(=O)([O-])[O-])OC(=O)CCCCCCCCCCC.N.[HH].[HH].[HH].[HH].[HH].[HH].[HH].[HH].[HH].[Na+].[Na+]. The number of hydrogen-bond acceptors (Lipinski definition) is 9. The molecule has 9 nitrogen and oxygen atoms in total. The van der Waals surface area contributed by atoms with E-state index in [-0.39, 0.29) is 84.5 Å². The maximum Gasteiger partial charge on any atom is 1.00 e. The van der Waals surface area contributed by atoms with Crippen LogP contribution < -0.4 is 75.1 Å². The van der Waals surface area contributed by atoms with Gasteiger partial charge in [-0.15, -0.1) is 0 Å². The molecule has 0 heterocycles. The van der Waals surface area contributed by atoms with Gasteiger partial charge in [0, 0.05) is 25.2 Å². The summed E-state index contributed by atoms with van der Waals surface area (Å²) in [7, 11) is -5.30. The molecular weight excluding hydrogens is 543 g/mol. The monoisotopic (exact) mass is 595 g/mol.